The van der Waals surface area contributed by atoms with Crippen LogP contribution >= 0.6 is 0 Å². The second-order valence-corrected chi connectivity index (χ2v) is 7.25. The number of aliphatic hydroxyl groups is 1. The maximum atomic E-state index is 12.6. The van der Waals surface area contributed by atoms with E-state index in [1.165, 1.54) is 0 Å². The molecule has 2 amide bonds. The number of carboxylic acids is 1. The Labute approximate surface area is 164 Å². The molecule has 0 aliphatic heterocycles. The minimum Gasteiger partial charge on any atom is -0.481 e. The minimum absolute atomic E-state index is 0.0547. The molecule has 0 bridgehead atoms. The van der Waals surface area contributed by atoms with Gasteiger partial charge < -0.3 is 20.8 Å². The van der Waals surface area contributed by atoms with Crippen molar-refractivity contribution in [2.24, 2.45) is 5.92 Å². The monoisotopic (exact) mass is 382 g/mol. The molecular weight excluding hydrogens is 356 g/mol. The standard InChI is InChI=1S/C22H26N2O4/c25-20(16-9-5-2-6-10-16)19(15-7-3-1-4-8-15)24-22(28)23-18-13-11-17(12-14-18)21(26)27/h1-10,17-20,25H,11-14H2,(H,26,27)(H2,23,24,28)/t17?,18?,19-,20+/m0/s1. The normalized spacial score (nSPS) is 21.3. The second-order valence-electron chi connectivity index (χ2n) is 7.25. The molecule has 6 nitrogen and oxygen atoms in total. The highest BCUT2D eigenvalue weighted by molar-refractivity contribution is 5.75. The van der Waals surface area contributed by atoms with E-state index >= 15 is 0 Å². The average Bonchev–Trinajstić information content (AvgIpc) is 2.73. The maximum absolute atomic E-state index is 12.6. The number of benzene rings is 2. The van der Waals surface area contributed by atoms with Gasteiger partial charge >= 0.3 is 12.0 Å². The largest absolute Gasteiger partial charge is 0.481 e. The second kappa shape index (κ2) is 9.37. The number of carbonyl (C=O) groups is 2. The van der Waals surface area contributed by atoms with Crippen LogP contribution in [0.1, 0.15) is 49.0 Å². The molecule has 2 aromatic carbocycles. The molecule has 0 spiro atoms. The number of amides is 2. The lowest BCUT2D eigenvalue weighted by Crippen LogP contribution is -2.46. The Morgan fingerprint density at radius 3 is 1.93 bits per heavy atom. The van der Waals surface area contributed by atoms with Crippen LogP contribution in [0.5, 0.6) is 0 Å². The van der Waals surface area contributed by atoms with Crippen LogP contribution in [0, 0.1) is 5.92 Å². The van der Waals surface area contributed by atoms with E-state index in [0.29, 0.717) is 25.7 Å². The van der Waals surface area contributed by atoms with Gasteiger partial charge in [0.1, 0.15) is 6.10 Å². The van der Waals surface area contributed by atoms with Gasteiger partial charge in [-0.2, -0.15) is 0 Å². The van der Waals surface area contributed by atoms with E-state index in [9.17, 15) is 14.7 Å². The Kier molecular flexibility index (Phi) is 6.66. The molecule has 148 valence electrons. The summed E-state index contributed by atoms with van der Waals surface area (Å²) in [6, 6.07) is 17.6. The van der Waals surface area contributed by atoms with Gasteiger partial charge in [0.2, 0.25) is 0 Å². The maximum Gasteiger partial charge on any atom is 0.315 e. The van der Waals surface area contributed by atoms with Gasteiger partial charge in [-0.3, -0.25) is 4.79 Å². The molecule has 1 fully saturated rings. The first-order chi connectivity index (χ1) is 13.5. The fraction of sp³-hybridized carbons (Fsp3) is 0.364. The number of rotatable bonds is 6. The van der Waals surface area contributed by atoms with Gasteiger partial charge in [0, 0.05) is 6.04 Å². The molecule has 0 saturated heterocycles. The molecular formula is C22H26N2O4. The van der Waals surface area contributed by atoms with Crippen molar-refractivity contribution in [2.75, 3.05) is 0 Å². The third kappa shape index (κ3) is 5.10. The number of hydrogen-bond donors (Lipinski definition) is 4. The van der Waals surface area contributed by atoms with Crippen LogP contribution in [0.15, 0.2) is 60.7 Å². The number of carbonyl (C=O) groups excluding carboxylic acids is 1. The van der Waals surface area contributed by atoms with Crippen molar-refractivity contribution in [3.05, 3.63) is 71.8 Å². The third-order valence-corrected chi connectivity index (χ3v) is 5.31. The highest BCUT2D eigenvalue weighted by atomic mass is 16.4. The summed E-state index contributed by atoms with van der Waals surface area (Å²) in [4.78, 5) is 23.7. The lowest BCUT2D eigenvalue weighted by atomic mass is 9.86. The van der Waals surface area contributed by atoms with Crippen molar-refractivity contribution < 1.29 is 19.8 Å². The Hall–Kier alpha value is -2.86. The Morgan fingerprint density at radius 2 is 1.39 bits per heavy atom. The summed E-state index contributed by atoms with van der Waals surface area (Å²) < 4.78 is 0. The molecule has 2 aromatic rings. The fourth-order valence-electron chi connectivity index (χ4n) is 3.70. The smallest absolute Gasteiger partial charge is 0.315 e. The summed E-state index contributed by atoms with van der Waals surface area (Å²) in [7, 11) is 0. The highest BCUT2D eigenvalue weighted by Gasteiger charge is 2.29. The van der Waals surface area contributed by atoms with Gasteiger partial charge in [0.25, 0.3) is 0 Å². The van der Waals surface area contributed by atoms with Crippen LogP contribution in [0.2, 0.25) is 0 Å². The first kappa shape index (κ1) is 19.9. The first-order valence-corrected chi connectivity index (χ1v) is 9.62. The molecule has 1 saturated carbocycles. The van der Waals surface area contributed by atoms with Gasteiger partial charge in [0.05, 0.1) is 12.0 Å². The molecule has 0 aromatic heterocycles. The third-order valence-electron chi connectivity index (χ3n) is 5.31. The van der Waals surface area contributed by atoms with E-state index in [1.54, 1.807) is 0 Å². The molecule has 28 heavy (non-hydrogen) atoms. The predicted octanol–water partition coefficient (Wildman–Crippen LogP) is 3.40. The van der Waals surface area contributed by atoms with Crippen LogP contribution < -0.4 is 10.6 Å². The van der Waals surface area contributed by atoms with Crippen molar-refractivity contribution in [1.29, 1.82) is 0 Å². The molecule has 2 atom stereocenters. The number of aliphatic hydroxyl groups excluding tert-OH is 1. The predicted molar refractivity (Wildman–Crippen MR) is 106 cm³/mol. The number of carboxylic acid groups (broad SMARTS) is 1. The molecule has 3 rings (SSSR count). The SMILES string of the molecule is O=C(NC1CCC(C(=O)O)CC1)N[C@@H](c1ccccc1)[C@H](O)c1ccccc1. The van der Waals surface area contributed by atoms with E-state index in [1.807, 2.05) is 60.7 Å². The van der Waals surface area contributed by atoms with Crippen molar-refractivity contribution in [3.63, 3.8) is 0 Å². The van der Waals surface area contributed by atoms with Gasteiger partial charge in [0.15, 0.2) is 0 Å². The Bertz CT molecular complexity index is 774. The molecule has 0 radical (unpaired) electrons. The van der Waals surface area contributed by atoms with Gasteiger partial charge in [-0.05, 0) is 36.8 Å². The van der Waals surface area contributed by atoms with Crippen molar-refractivity contribution >= 4 is 12.0 Å². The van der Waals surface area contributed by atoms with Gasteiger partial charge in [-0.15, -0.1) is 0 Å². The summed E-state index contributed by atoms with van der Waals surface area (Å²) in [5.41, 5.74) is 1.53. The summed E-state index contributed by atoms with van der Waals surface area (Å²) in [5, 5.41) is 25.8. The van der Waals surface area contributed by atoms with Crippen molar-refractivity contribution in [2.45, 2.75) is 43.9 Å². The topological polar surface area (TPSA) is 98.7 Å². The number of nitrogens with one attached hydrogen (secondary N) is 2. The van der Waals surface area contributed by atoms with E-state index in [4.69, 9.17) is 5.11 Å². The lowest BCUT2D eigenvalue weighted by molar-refractivity contribution is -0.142. The van der Waals surface area contributed by atoms with Gasteiger partial charge in [-0.1, -0.05) is 60.7 Å². The number of aliphatic carboxylic acids is 1. The Morgan fingerprint density at radius 1 is 0.857 bits per heavy atom. The van der Waals surface area contributed by atoms with Crippen LogP contribution in [-0.4, -0.2) is 28.3 Å². The zero-order valence-electron chi connectivity index (χ0n) is 15.6. The average molecular weight is 382 g/mol. The molecule has 1 aliphatic carbocycles. The summed E-state index contributed by atoms with van der Waals surface area (Å²) in [6.07, 6.45) is 1.52. The Balaban J connectivity index is 1.66. The van der Waals surface area contributed by atoms with Crippen LogP contribution in [-0.2, 0) is 4.79 Å². The van der Waals surface area contributed by atoms with E-state index < -0.39 is 18.1 Å². The zero-order chi connectivity index (χ0) is 19.9. The van der Waals surface area contributed by atoms with Crippen LogP contribution in [0.25, 0.3) is 0 Å². The molecule has 4 N–H and O–H groups in total. The quantitative estimate of drug-likeness (QED) is 0.615. The van der Waals surface area contributed by atoms with E-state index in [0.717, 1.165) is 11.1 Å². The molecule has 1 aliphatic rings. The lowest BCUT2D eigenvalue weighted by Gasteiger charge is -2.29. The van der Waals surface area contributed by atoms with Crippen molar-refractivity contribution in [3.8, 4) is 0 Å². The summed E-state index contributed by atoms with van der Waals surface area (Å²) in [5.74, 6) is -1.09. The summed E-state index contributed by atoms with van der Waals surface area (Å²) >= 11 is 0. The number of urea groups is 1. The minimum atomic E-state index is -0.892. The molecule has 6 heteroatoms. The molecule has 0 unspecified atom stereocenters. The van der Waals surface area contributed by atoms with Crippen LogP contribution in [0.4, 0.5) is 4.79 Å². The fourth-order valence-corrected chi connectivity index (χ4v) is 3.70. The first-order valence-electron chi connectivity index (χ1n) is 9.62. The van der Waals surface area contributed by atoms with E-state index in [2.05, 4.69) is 10.6 Å². The van der Waals surface area contributed by atoms with E-state index in [-0.39, 0.29) is 18.0 Å². The molecule has 0 heterocycles. The zero-order valence-corrected chi connectivity index (χ0v) is 15.6. The summed E-state index contributed by atoms with van der Waals surface area (Å²) in [6.45, 7) is 0. The highest BCUT2D eigenvalue weighted by Crippen LogP contribution is 2.29. The van der Waals surface area contributed by atoms with Crippen LogP contribution in [0.3, 0.4) is 0 Å². The van der Waals surface area contributed by atoms with Gasteiger partial charge in [-0.25, -0.2) is 4.79 Å². The number of hydrogen-bond acceptors (Lipinski definition) is 3. The van der Waals surface area contributed by atoms with Crippen molar-refractivity contribution in [1.82, 2.24) is 10.6 Å².